The van der Waals surface area contributed by atoms with Crippen molar-refractivity contribution in [3.05, 3.63) is 75.3 Å². The van der Waals surface area contributed by atoms with E-state index in [1.165, 1.54) is 11.1 Å². The van der Waals surface area contributed by atoms with Gasteiger partial charge in [-0.15, -0.1) is 0 Å². The van der Waals surface area contributed by atoms with Crippen LogP contribution in [0.2, 0.25) is 0 Å². The normalized spacial score (nSPS) is 23.7. The van der Waals surface area contributed by atoms with Crippen LogP contribution in [0.25, 0.3) is 5.57 Å². The van der Waals surface area contributed by atoms with Crippen molar-refractivity contribution in [2.45, 2.75) is 38.5 Å². The van der Waals surface area contributed by atoms with Gasteiger partial charge in [-0.25, -0.2) is 0 Å². The zero-order valence-corrected chi connectivity index (χ0v) is 17.1. The molecule has 6 heteroatoms. The van der Waals surface area contributed by atoms with Crippen LogP contribution in [0, 0.1) is 23.0 Å². The van der Waals surface area contributed by atoms with Crippen molar-refractivity contribution < 1.29 is 14.4 Å². The Morgan fingerprint density at radius 1 is 1.20 bits per heavy atom. The molecule has 2 atom stereocenters. The lowest BCUT2D eigenvalue weighted by molar-refractivity contribution is -0.386. The van der Waals surface area contributed by atoms with Crippen LogP contribution in [0.3, 0.4) is 0 Å². The molecule has 0 N–H and O–H groups in total. The number of nitro groups is 1. The van der Waals surface area contributed by atoms with Gasteiger partial charge >= 0.3 is 5.69 Å². The lowest BCUT2D eigenvalue weighted by Crippen LogP contribution is -2.30. The summed E-state index contributed by atoms with van der Waals surface area (Å²) in [5.74, 6) is 0.632. The van der Waals surface area contributed by atoms with E-state index < -0.39 is 0 Å². The van der Waals surface area contributed by atoms with Gasteiger partial charge in [0.15, 0.2) is 5.75 Å². The summed E-state index contributed by atoms with van der Waals surface area (Å²) in [6, 6.07) is 14.0. The highest BCUT2D eigenvalue weighted by molar-refractivity contribution is 5.74. The van der Waals surface area contributed by atoms with Gasteiger partial charge in [-0.3, -0.25) is 15.0 Å². The molecule has 1 aliphatic carbocycles. The molecule has 30 heavy (non-hydrogen) atoms. The van der Waals surface area contributed by atoms with Crippen LogP contribution in [0.1, 0.15) is 29.5 Å². The van der Waals surface area contributed by atoms with E-state index in [9.17, 15) is 10.1 Å². The number of nitrogens with zero attached hydrogens (tertiary/aromatic N) is 2. The molecule has 0 radical (unpaired) electrons. The number of fused-ring (bicyclic) bond motifs is 3. The van der Waals surface area contributed by atoms with E-state index in [1.807, 2.05) is 19.1 Å². The third kappa shape index (κ3) is 3.98. The van der Waals surface area contributed by atoms with Crippen molar-refractivity contribution in [1.29, 1.82) is 0 Å². The average molecular weight is 406 g/mol. The maximum Gasteiger partial charge on any atom is 0.311 e. The van der Waals surface area contributed by atoms with Crippen molar-refractivity contribution in [3.8, 4) is 5.75 Å². The molecule has 2 fully saturated rings. The maximum absolute atomic E-state index is 11.5. The topological polar surface area (TPSA) is 64.8 Å². The molecule has 6 nitrogen and oxygen atoms in total. The predicted molar refractivity (Wildman–Crippen MR) is 114 cm³/mol. The van der Waals surface area contributed by atoms with Crippen LogP contribution in [0.5, 0.6) is 5.75 Å². The van der Waals surface area contributed by atoms with Gasteiger partial charge in [-0.1, -0.05) is 36.4 Å². The Morgan fingerprint density at radius 3 is 2.73 bits per heavy atom. The largest absolute Gasteiger partial charge is 0.483 e. The van der Waals surface area contributed by atoms with Crippen LogP contribution in [-0.2, 0) is 11.3 Å². The summed E-state index contributed by atoms with van der Waals surface area (Å²) in [4.78, 5) is 13.7. The second kappa shape index (κ2) is 7.85. The first-order chi connectivity index (χ1) is 14.6. The second-order valence-electron chi connectivity index (χ2n) is 8.58. The molecule has 2 bridgehead atoms. The Hall–Kier alpha value is -2.70. The molecule has 2 aromatic rings. The Balaban J connectivity index is 1.43. The Morgan fingerprint density at radius 2 is 2.00 bits per heavy atom. The van der Waals surface area contributed by atoms with Gasteiger partial charge in [-0.2, -0.15) is 0 Å². The fourth-order valence-corrected chi connectivity index (χ4v) is 4.48. The van der Waals surface area contributed by atoms with Crippen molar-refractivity contribution in [1.82, 2.24) is 4.90 Å². The molecule has 3 aliphatic heterocycles. The van der Waals surface area contributed by atoms with E-state index >= 15 is 0 Å². The first kappa shape index (κ1) is 19.3. The molecule has 0 amide bonds. The molecule has 2 aromatic carbocycles. The van der Waals surface area contributed by atoms with Crippen molar-refractivity contribution >= 4 is 11.3 Å². The maximum atomic E-state index is 11.5. The molecule has 0 spiro atoms. The number of aryl methyl sites for hydroxylation is 1. The van der Waals surface area contributed by atoms with Crippen LogP contribution >= 0.6 is 0 Å². The molecule has 3 heterocycles. The number of benzene rings is 2. The standard InChI is InChI=1S/C24H26N2O4/c1-16-9-23(26(27)28)24(30-19-7-8-19)11-21(16)22-10-20-14-25(13-18(22)15-29-20)12-17-5-3-2-4-6-17/h2-6,9-11,18-20H,7-8,12-15H2,1H3/t18-,20?/m0/s1. The van der Waals surface area contributed by atoms with Gasteiger partial charge in [0.2, 0.25) is 0 Å². The minimum atomic E-state index is -0.340. The highest BCUT2D eigenvalue weighted by Crippen LogP contribution is 2.41. The molecule has 6 rings (SSSR count). The number of ether oxygens (including phenoxy) is 2. The van der Waals surface area contributed by atoms with E-state index in [1.54, 1.807) is 6.07 Å². The molecule has 1 unspecified atom stereocenters. The summed E-state index contributed by atoms with van der Waals surface area (Å²) in [6.07, 6.45) is 4.30. The Kier molecular flexibility index (Phi) is 5.05. The molecular formula is C24H26N2O4. The molecule has 156 valence electrons. The number of hydrogen-bond acceptors (Lipinski definition) is 5. The van der Waals surface area contributed by atoms with E-state index in [2.05, 4.69) is 35.2 Å². The van der Waals surface area contributed by atoms with Gasteiger partial charge in [0.1, 0.15) is 0 Å². The summed E-state index contributed by atoms with van der Waals surface area (Å²) < 4.78 is 12.0. The van der Waals surface area contributed by atoms with Crippen LogP contribution < -0.4 is 4.74 Å². The van der Waals surface area contributed by atoms with Crippen molar-refractivity contribution in [3.63, 3.8) is 0 Å². The zero-order valence-electron chi connectivity index (χ0n) is 17.1. The predicted octanol–water partition coefficient (Wildman–Crippen LogP) is 4.36. The third-order valence-corrected chi connectivity index (χ3v) is 6.11. The molecular weight excluding hydrogens is 380 g/mol. The first-order valence-corrected chi connectivity index (χ1v) is 10.6. The smallest absolute Gasteiger partial charge is 0.311 e. The number of nitro benzene ring substituents is 1. The molecule has 1 saturated heterocycles. The molecule has 4 aliphatic rings. The molecule has 0 aromatic heterocycles. The fourth-order valence-electron chi connectivity index (χ4n) is 4.48. The Labute approximate surface area is 176 Å². The van der Waals surface area contributed by atoms with Crippen LogP contribution in [0.4, 0.5) is 5.69 Å². The Bertz CT molecular complexity index is 984. The summed E-state index contributed by atoms with van der Waals surface area (Å²) in [7, 11) is 0. The van der Waals surface area contributed by atoms with Gasteiger partial charge in [-0.05, 0) is 48.1 Å². The van der Waals surface area contributed by atoms with Gasteiger partial charge in [0.05, 0.1) is 23.7 Å². The van der Waals surface area contributed by atoms with Crippen molar-refractivity contribution in [2.75, 3.05) is 19.7 Å². The highest BCUT2D eigenvalue weighted by Gasteiger charge is 2.34. The summed E-state index contributed by atoms with van der Waals surface area (Å²) in [5, 5.41) is 11.5. The zero-order chi connectivity index (χ0) is 20.7. The van der Waals surface area contributed by atoms with E-state index in [0.717, 1.165) is 43.6 Å². The average Bonchev–Trinajstić information content (AvgIpc) is 3.57. The number of rotatable bonds is 6. The summed E-state index contributed by atoms with van der Waals surface area (Å²) >= 11 is 0. The van der Waals surface area contributed by atoms with E-state index in [0.29, 0.717) is 12.4 Å². The van der Waals surface area contributed by atoms with Crippen molar-refractivity contribution in [2.24, 2.45) is 5.92 Å². The van der Waals surface area contributed by atoms with Gasteiger partial charge < -0.3 is 9.47 Å². The lowest BCUT2D eigenvalue weighted by Gasteiger charge is -2.26. The van der Waals surface area contributed by atoms with E-state index in [-0.39, 0.29) is 28.7 Å². The SMILES string of the molecule is Cc1cc([N+](=O)[O-])c(OC2CC2)cc1C1=CC2CN(Cc3ccccc3)C[C@H]1CO2. The molecule has 1 saturated carbocycles. The summed E-state index contributed by atoms with van der Waals surface area (Å²) in [6.45, 7) is 5.29. The fraction of sp³-hybridized carbons (Fsp3) is 0.417. The lowest BCUT2D eigenvalue weighted by atomic mass is 9.88. The van der Waals surface area contributed by atoms with Gasteiger partial charge in [0.25, 0.3) is 0 Å². The number of hydrogen-bond donors (Lipinski definition) is 0. The quantitative estimate of drug-likeness (QED) is 0.527. The third-order valence-electron chi connectivity index (χ3n) is 6.11. The first-order valence-electron chi connectivity index (χ1n) is 10.6. The van der Waals surface area contributed by atoms with Crippen LogP contribution in [0.15, 0.2) is 48.5 Å². The van der Waals surface area contributed by atoms with E-state index in [4.69, 9.17) is 9.47 Å². The second-order valence-corrected chi connectivity index (χ2v) is 8.58. The van der Waals surface area contributed by atoms with Gasteiger partial charge in [0, 0.05) is 31.6 Å². The monoisotopic (exact) mass is 406 g/mol. The summed E-state index contributed by atoms with van der Waals surface area (Å²) in [5.41, 5.74) is 4.56. The minimum absolute atomic E-state index is 0.0323. The highest BCUT2D eigenvalue weighted by atomic mass is 16.6. The van der Waals surface area contributed by atoms with Crippen LogP contribution in [-0.4, -0.2) is 41.7 Å². The minimum Gasteiger partial charge on any atom is -0.483 e.